The van der Waals surface area contributed by atoms with Crippen molar-refractivity contribution in [1.82, 2.24) is 15.0 Å². The summed E-state index contributed by atoms with van der Waals surface area (Å²) < 4.78 is 1.46. The maximum atomic E-state index is 12.5. The third kappa shape index (κ3) is 3.17. The number of nitrogens with one attached hydrogen (secondary N) is 2. The summed E-state index contributed by atoms with van der Waals surface area (Å²) in [6.07, 6.45) is 0. The van der Waals surface area contributed by atoms with Gasteiger partial charge in [-0.3, -0.25) is 4.79 Å². The average molecular weight is 491 g/mol. The van der Waals surface area contributed by atoms with Crippen LogP contribution < -0.4 is 5.69 Å². The van der Waals surface area contributed by atoms with Crippen molar-refractivity contribution < 1.29 is 9.90 Å². The van der Waals surface area contributed by atoms with Crippen LogP contribution in [0.15, 0.2) is 60.4 Å². The summed E-state index contributed by atoms with van der Waals surface area (Å²) in [5.74, 6) is -1.02. The predicted molar refractivity (Wildman–Crippen MR) is 107 cm³/mol. The maximum Gasteiger partial charge on any atom is 0.346 e. The van der Waals surface area contributed by atoms with Crippen LogP contribution in [-0.4, -0.2) is 26.0 Å². The fourth-order valence-electron chi connectivity index (χ4n) is 2.70. The van der Waals surface area contributed by atoms with Gasteiger partial charge in [0.2, 0.25) is 5.88 Å². The molecule has 0 spiro atoms. The second-order valence-electron chi connectivity index (χ2n) is 5.57. The molecule has 2 heterocycles. The smallest absolute Gasteiger partial charge is 0.346 e. The van der Waals surface area contributed by atoms with Crippen molar-refractivity contribution in [2.45, 2.75) is 0 Å². The van der Waals surface area contributed by atoms with Crippen LogP contribution in [0, 0.1) is 0 Å². The molecular formula is C17H9Br2N5O3. The second kappa shape index (κ2) is 6.71. The third-order valence-corrected chi connectivity index (χ3v) is 4.94. The van der Waals surface area contributed by atoms with Crippen molar-refractivity contribution in [1.29, 1.82) is 0 Å². The number of hydrogen-bond acceptors (Lipinski definition) is 5. The van der Waals surface area contributed by atoms with Crippen molar-refractivity contribution >= 4 is 65.3 Å². The highest BCUT2D eigenvalue weighted by Gasteiger charge is 2.16. The topological polar surface area (TPSA) is 124 Å². The zero-order valence-electron chi connectivity index (χ0n) is 13.3. The Morgan fingerprint density at radius 1 is 1.11 bits per heavy atom. The molecule has 8 nitrogen and oxygen atoms in total. The van der Waals surface area contributed by atoms with Gasteiger partial charge in [0.1, 0.15) is 5.69 Å². The number of aromatic nitrogens is 3. The number of fused-ring (bicyclic) bond motifs is 2. The van der Waals surface area contributed by atoms with Crippen LogP contribution in [0.2, 0.25) is 0 Å². The van der Waals surface area contributed by atoms with E-state index in [0.29, 0.717) is 26.3 Å². The minimum atomic E-state index is -0.792. The van der Waals surface area contributed by atoms with E-state index in [4.69, 9.17) is 0 Å². The standard InChI is InChI=1S/C17H9Br2N5O3/c18-7-5-9-12(10(19)6-7)21-15(25)14(9)23-24-16(26)13-8-3-1-2-4-11(8)20-17(27)22-13/h1-6,21,25H,(H,20,22,27). The molecule has 0 unspecified atom stereocenters. The van der Waals surface area contributed by atoms with E-state index in [1.165, 1.54) is 0 Å². The van der Waals surface area contributed by atoms with Gasteiger partial charge in [0.05, 0.1) is 11.0 Å². The summed E-state index contributed by atoms with van der Waals surface area (Å²) in [6, 6.07) is 10.3. The van der Waals surface area contributed by atoms with Crippen LogP contribution in [0.3, 0.4) is 0 Å². The molecule has 0 radical (unpaired) electrons. The first-order valence-corrected chi connectivity index (χ1v) is 9.17. The number of hydrogen-bond donors (Lipinski definition) is 3. The van der Waals surface area contributed by atoms with Gasteiger partial charge in [-0.05, 0) is 34.1 Å². The molecular weight excluding hydrogens is 482 g/mol. The van der Waals surface area contributed by atoms with Gasteiger partial charge in [0, 0.05) is 19.7 Å². The van der Waals surface area contributed by atoms with Gasteiger partial charge in [0.15, 0.2) is 5.69 Å². The number of benzene rings is 2. The monoisotopic (exact) mass is 489 g/mol. The summed E-state index contributed by atoms with van der Waals surface area (Å²) in [4.78, 5) is 33.2. The molecule has 1 amide bonds. The van der Waals surface area contributed by atoms with Crippen LogP contribution in [0.1, 0.15) is 10.5 Å². The van der Waals surface area contributed by atoms with E-state index in [-0.39, 0.29) is 17.3 Å². The van der Waals surface area contributed by atoms with Crippen LogP contribution in [0.4, 0.5) is 5.69 Å². The summed E-state index contributed by atoms with van der Waals surface area (Å²) in [6.45, 7) is 0. The molecule has 0 bridgehead atoms. The minimum absolute atomic E-state index is 0.106. The molecule has 4 aromatic rings. The van der Waals surface area contributed by atoms with E-state index in [0.717, 1.165) is 4.47 Å². The number of aromatic hydroxyl groups is 1. The number of rotatable bonds is 2. The van der Waals surface area contributed by atoms with Gasteiger partial charge in [0.25, 0.3) is 0 Å². The SMILES string of the molecule is O=C(N=Nc1c(O)[nH]c2c(Br)cc(Br)cc12)c1nc(=O)[nH]c2ccccc12. The lowest BCUT2D eigenvalue weighted by molar-refractivity contribution is 0.0991. The molecule has 10 heteroatoms. The number of nitrogens with zero attached hydrogens (tertiary/aromatic N) is 3. The molecule has 0 aliphatic carbocycles. The molecule has 3 N–H and O–H groups in total. The minimum Gasteiger partial charge on any atom is -0.493 e. The van der Waals surface area contributed by atoms with Gasteiger partial charge >= 0.3 is 11.6 Å². The molecule has 27 heavy (non-hydrogen) atoms. The van der Waals surface area contributed by atoms with E-state index < -0.39 is 11.6 Å². The highest BCUT2D eigenvalue weighted by molar-refractivity contribution is 9.11. The normalized spacial score (nSPS) is 11.6. The number of para-hydroxylation sites is 1. The van der Waals surface area contributed by atoms with Crippen LogP contribution in [0.5, 0.6) is 5.88 Å². The summed E-state index contributed by atoms with van der Waals surface area (Å²) in [7, 11) is 0. The average Bonchev–Trinajstić information content (AvgIpc) is 2.94. The number of azo groups is 1. The van der Waals surface area contributed by atoms with E-state index in [1.807, 2.05) is 0 Å². The Hall–Kier alpha value is -2.85. The Kier molecular flexibility index (Phi) is 4.36. The van der Waals surface area contributed by atoms with E-state index in [1.54, 1.807) is 36.4 Å². The fourth-order valence-corrected chi connectivity index (χ4v) is 4.03. The van der Waals surface area contributed by atoms with Gasteiger partial charge in [-0.1, -0.05) is 34.1 Å². The second-order valence-corrected chi connectivity index (χ2v) is 7.34. The summed E-state index contributed by atoms with van der Waals surface area (Å²) >= 11 is 6.75. The number of H-pyrrole nitrogens is 2. The number of carbonyl (C=O) groups excluding carboxylic acids is 1. The molecule has 0 aliphatic heterocycles. The summed E-state index contributed by atoms with van der Waals surface area (Å²) in [5.41, 5.74) is 0.417. The molecule has 134 valence electrons. The molecule has 2 aromatic carbocycles. The molecule has 0 aliphatic rings. The molecule has 2 aromatic heterocycles. The van der Waals surface area contributed by atoms with Gasteiger partial charge in [-0.2, -0.15) is 4.98 Å². The fraction of sp³-hybridized carbons (Fsp3) is 0. The number of carbonyl (C=O) groups is 1. The van der Waals surface area contributed by atoms with Gasteiger partial charge in [-0.15, -0.1) is 10.2 Å². The van der Waals surface area contributed by atoms with Gasteiger partial charge < -0.3 is 15.1 Å². The molecule has 0 saturated heterocycles. The van der Waals surface area contributed by atoms with Crippen molar-refractivity contribution in [3.8, 4) is 5.88 Å². The van der Waals surface area contributed by atoms with Crippen molar-refractivity contribution in [2.75, 3.05) is 0 Å². The highest BCUT2D eigenvalue weighted by Crippen LogP contribution is 2.40. The highest BCUT2D eigenvalue weighted by atomic mass is 79.9. The zero-order chi connectivity index (χ0) is 19.1. The van der Waals surface area contributed by atoms with Crippen molar-refractivity contribution in [3.63, 3.8) is 0 Å². The number of aromatic amines is 2. The quantitative estimate of drug-likeness (QED) is 0.356. The largest absolute Gasteiger partial charge is 0.493 e. The van der Waals surface area contributed by atoms with Crippen molar-refractivity contribution in [2.24, 2.45) is 10.2 Å². The lowest BCUT2D eigenvalue weighted by Gasteiger charge is -2.00. The first-order valence-electron chi connectivity index (χ1n) is 7.59. The van der Waals surface area contributed by atoms with Crippen molar-refractivity contribution in [3.05, 3.63) is 61.5 Å². The Labute approximate surface area is 167 Å². The molecule has 0 saturated carbocycles. The Balaban J connectivity index is 1.81. The van der Waals surface area contributed by atoms with Crippen LogP contribution in [-0.2, 0) is 0 Å². The maximum absolute atomic E-state index is 12.5. The van der Waals surface area contributed by atoms with Gasteiger partial charge in [-0.25, -0.2) is 4.79 Å². The predicted octanol–water partition coefficient (Wildman–Crippen LogP) is 4.56. The third-order valence-electron chi connectivity index (χ3n) is 3.86. The molecule has 0 atom stereocenters. The molecule has 0 fully saturated rings. The van der Waals surface area contributed by atoms with E-state index in [2.05, 4.69) is 57.0 Å². The Bertz CT molecular complexity index is 1310. The zero-order valence-corrected chi connectivity index (χ0v) is 16.5. The number of halogens is 2. The number of amides is 1. The lowest BCUT2D eigenvalue weighted by atomic mass is 10.2. The molecule has 4 rings (SSSR count). The first-order chi connectivity index (χ1) is 12.9. The summed E-state index contributed by atoms with van der Waals surface area (Å²) in [5, 5.41) is 18.7. The Morgan fingerprint density at radius 3 is 2.70 bits per heavy atom. The lowest BCUT2D eigenvalue weighted by Crippen LogP contribution is -2.15. The van der Waals surface area contributed by atoms with Crippen LogP contribution >= 0.6 is 31.9 Å². The van der Waals surface area contributed by atoms with E-state index >= 15 is 0 Å². The Morgan fingerprint density at radius 2 is 1.89 bits per heavy atom. The van der Waals surface area contributed by atoms with Crippen LogP contribution in [0.25, 0.3) is 21.8 Å². The first kappa shape index (κ1) is 17.6. The van der Waals surface area contributed by atoms with E-state index in [9.17, 15) is 14.7 Å².